The van der Waals surface area contributed by atoms with E-state index < -0.39 is 11.8 Å². The van der Waals surface area contributed by atoms with Crippen LogP contribution in [0.2, 0.25) is 5.02 Å². The highest BCUT2D eigenvalue weighted by Crippen LogP contribution is 2.22. The zero-order valence-electron chi connectivity index (χ0n) is 12.7. The summed E-state index contributed by atoms with van der Waals surface area (Å²) in [6.45, 7) is 1.95. The molecule has 4 nitrogen and oxygen atoms in total. The van der Waals surface area contributed by atoms with E-state index in [9.17, 15) is 9.59 Å². The molecule has 2 amide bonds. The number of carbonyl (C=O) groups is 2. The van der Waals surface area contributed by atoms with Gasteiger partial charge in [0.15, 0.2) is 5.11 Å². The molecule has 3 rings (SSSR count). The average molecular weight is 357 g/mol. The van der Waals surface area contributed by atoms with Gasteiger partial charge in [0, 0.05) is 5.02 Å². The Hall–Kier alpha value is -2.50. The first-order chi connectivity index (χ1) is 11.5. The summed E-state index contributed by atoms with van der Waals surface area (Å²) in [5.41, 5.74) is 2.40. The molecule has 0 spiro atoms. The molecule has 1 saturated heterocycles. The van der Waals surface area contributed by atoms with E-state index in [1.54, 1.807) is 36.4 Å². The number of rotatable bonds is 2. The molecule has 1 aliphatic rings. The zero-order valence-corrected chi connectivity index (χ0v) is 14.3. The first kappa shape index (κ1) is 16.4. The van der Waals surface area contributed by atoms with Crippen LogP contribution in [-0.4, -0.2) is 16.9 Å². The summed E-state index contributed by atoms with van der Waals surface area (Å²) in [5, 5.41) is 3.21. The van der Waals surface area contributed by atoms with Crippen LogP contribution in [0.1, 0.15) is 11.1 Å². The largest absolute Gasteiger partial charge is 0.298 e. The molecule has 120 valence electrons. The van der Waals surface area contributed by atoms with Gasteiger partial charge in [0.25, 0.3) is 11.8 Å². The van der Waals surface area contributed by atoms with E-state index in [1.807, 2.05) is 19.1 Å². The van der Waals surface area contributed by atoms with Gasteiger partial charge in [-0.05, 0) is 55.0 Å². The van der Waals surface area contributed by atoms with Crippen molar-refractivity contribution in [1.29, 1.82) is 0 Å². The van der Waals surface area contributed by atoms with Crippen molar-refractivity contribution in [3.63, 3.8) is 0 Å². The molecular formula is C18H13ClN2O2S. The molecule has 0 saturated carbocycles. The molecule has 0 unspecified atom stereocenters. The molecule has 1 fully saturated rings. The van der Waals surface area contributed by atoms with Crippen LogP contribution in [-0.2, 0) is 9.59 Å². The van der Waals surface area contributed by atoms with E-state index >= 15 is 0 Å². The van der Waals surface area contributed by atoms with Crippen molar-refractivity contribution in [2.24, 2.45) is 0 Å². The number of anilines is 1. The molecule has 2 aromatic rings. The first-order valence-corrected chi connectivity index (χ1v) is 7.98. The van der Waals surface area contributed by atoms with Crippen molar-refractivity contribution in [2.75, 3.05) is 4.90 Å². The number of hydrogen-bond acceptors (Lipinski definition) is 3. The summed E-state index contributed by atoms with van der Waals surface area (Å²) >= 11 is 11.0. The van der Waals surface area contributed by atoms with Gasteiger partial charge >= 0.3 is 0 Å². The topological polar surface area (TPSA) is 49.4 Å². The van der Waals surface area contributed by atoms with Crippen molar-refractivity contribution in [1.82, 2.24) is 5.32 Å². The monoisotopic (exact) mass is 356 g/mol. The Kier molecular flexibility index (Phi) is 4.46. The molecule has 0 radical (unpaired) electrons. The molecule has 0 atom stereocenters. The Labute approximate surface area is 149 Å². The number of carbonyl (C=O) groups excluding carboxylic acids is 2. The fraction of sp³-hybridized carbons (Fsp3) is 0.0556. The van der Waals surface area contributed by atoms with Crippen LogP contribution in [0.25, 0.3) is 6.08 Å². The summed E-state index contributed by atoms with van der Waals surface area (Å²) in [5.74, 6) is -0.967. The molecule has 24 heavy (non-hydrogen) atoms. The fourth-order valence-electron chi connectivity index (χ4n) is 2.31. The standard InChI is InChI=1S/C18H13ClN2O2S/c1-11-2-8-14(9-3-11)21-17(23)15(16(22)20-18(21)24)10-12-4-6-13(19)7-5-12/h2-10H,1H3,(H,20,22,24). The molecule has 1 N–H and O–H groups in total. The average Bonchev–Trinajstić information content (AvgIpc) is 2.55. The lowest BCUT2D eigenvalue weighted by atomic mass is 10.1. The van der Waals surface area contributed by atoms with E-state index in [0.717, 1.165) is 5.56 Å². The second-order valence-electron chi connectivity index (χ2n) is 5.34. The Morgan fingerprint density at radius 2 is 1.67 bits per heavy atom. The van der Waals surface area contributed by atoms with Crippen molar-refractivity contribution >= 4 is 52.5 Å². The normalized spacial score (nSPS) is 16.5. The number of nitrogens with zero attached hydrogens (tertiary/aromatic N) is 1. The van der Waals surface area contributed by atoms with Crippen molar-refractivity contribution in [3.8, 4) is 0 Å². The van der Waals surface area contributed by atoms with Crippen LogP contribution in [0.5, 0.6) is 0 Å². The third-order valence-corrected chi connectivity index (χ3v) is 4.11. The zero-order chi connectivity index (χ0) is 17.3. The SMILES string of the molecule is Cc1ccc(N2C(=O)C(=Cc3ccc(Cl)cc3)C(=O)NC2=S)cc1. The van der Waals surface area contributed by atoms with Gasteiger partial charge in [-0.2, -0.15) is 0 Å². The lowest BCUT2D eigenvalue weighted by Gasteiger charge is -2.29. The van der Waals surface area contributed by atoms with Crippen LogP contribution in [0.3, 0.4) is 0 Å². The maximum absolute atomic E-state index is 12.8. The van der Waals surface area contributed by atoms with Gasteiger partial charge < -0.3 is 0 Å². The highest BCUT2D eigenvalue weighted by molar-refractivity contribution is 7.80. The fourth-order valence-corrected chi connectivity index (χ4v) is 2.72. The number of hydrogen-bond donors (Lipinski definition) is 1. The van der Waals surface area contributed by atoms with Gasteiger partial charge in [-0.25, -0.2) is 0 Å². The molecule has 2 aromatic carbocycles. The van der Waals surface area contributed by atoms with Gasteiger partial charge in [-0.15, -0.1) is 0 Å². The maximum atomic E-state index is 12.8. The van der Waals surface area contributed by atoms with Gasteiger partial charge in [0.05, 0.1) is 5.69 Å². The highest BCUT2D eigenvalue weighted by atomic mass is 35.5. The smallest absolute Gasteiger partial charge is 0.270 e. The van der Waals surface area contributed by atoms with Gasteiger partial charge in [-0.3, -0.25) is 19.8 Å². The molecule has 0 aromatic heterocycles. The second-order valence-corrected chi connectivity index (χ2v) is 6.17. The number of benzene rings is 2. The minimum absolute atomic E-state index is 0.0199. The molecule has 1 heterocycles. The molecule has 6 heteroatoms. The van der Waals surface area contributed by atoms with Gasteiger partial charge in [0.2, 0.25) is 0 Å². The first-order valence-electron chi connectivity index (χ1n) is 7.19. The highest BCUT2D eigenvalue weighted by Gasteiger charge is 2.34. The quantitative estimate of drug-likeness (QED) is 0.509. The van der Waals surface area contributed by atoms with E-state index in [1.165, 1.54) is 11.0 Å². The van der Waals surface area contributed by atoms with Crippen molar-refractivity contribution in [3.05, 3.63) is 70.3 Å². The molecule has 0 aliphatic carbocycles. The van der Waals surface area contributed by atoms with Crippen molar-refractivity contribution < 1.29 is 9.59 Å². The number of halogens is 1. The predicted octanol–water partition coefficient (Wildman–Crippen LogP) is 3.48. The number of thiocarbonyl (C=S) groups is 1. The number of nitrogens with one attached hydrogen (secondary N) is 1. The third-order valence-electron chi connectivity index (χ3n) is 3.57. The van der Waals surface area contributed by atoms with Crippen LogP contribution >= 0.6 is 23.8 Å². The molecular weight excluding hydrogens is 344 g/mol. The summed E-state index contributed by atoms with van der Waals surface area (Å²) in [6, 6.07) is 14.2. The second kappa shape index (κ2) is 6.55. The maximum Gasteiger partial charge on any atom is 0.270 e. The molecule has 0 bridgehead atoms. The van der Waals surface area contributed by atoms with Crippen LogP contribution < -0.4 is 10.2 Å². The van der Waals surface area contributed by atoms with E-state index in [0.29, 0.717) is 16.3 Å². The molecule has 1 aliphatic heterocycles. The number of amides is 2. The van der Waals surface area contributed by atoms with E-state index in [-0.39, 0.29) is 10.7 Å². The van der Waals surface area contributed by atoms with Crippen LogP contribution in [0.4, 0.5) is 5.69 Å². The number of aryl methyl sites for hydroxylation is 1. The van der Waals surface area contributed by atoms with E-state index in [4.69, 9.17) is 23.8 Å². The minimum atomic E-state index is -0.511. The van der Waals surface area contributed by atoms with Crippen molar-refractivity contribution in [2.45, 2.75) is 6.92 Å². The summed E-state index contributed by atoms with van der Waals surface area (Å²) in [6.07, 6.45) is 1.52. The summed E-state index contributed by atoms with van der Waals surface area (Å²) < 4.78 is 0. The Morgan fingerprint density at radius 1 is 1.04 bits per heavy atom. The Bertz CT molecular complexity index is 858. The van der Waals surface area contributed by atoms with Crippen LogP contribution in [0.15, 0.2) is 54.1 Å². The Balaban J connectivity index is 1.99. The lowest BCUT2D eigenvalue weighted by Crippen LogP contribution is -2.54. The Morgan fingerprint density at radius 3 is 2.29 bits per heavy atom. The summed E-state index contributed by atoms with van der Waals surface area (Å²) in [7, 11) is 0. The minimum Gasteiger partial charge on any atom is -0.298 e. The van der Waals surface area contributed by atoms with Gasteiger partial charge in [0.1, 0.15) is 5.57 Å². The van der Waals surface area contributed by atoms with E-state index in [2.05, 4.69) is 5.32 Å². The summed E-state index contributed by atoms with van der Waals surface area (Å²) in [4.78, 5) is 26.3. The predicted molar refractivity (Wildman–Crippen MR) is 98.8 cm³/mol. The van der Waals surface area contributed by atoms with Gasteiger partial charge in [-0.1, -0.05) is 41.4 Å². The van der Waals surface area contributed by atoms with Crippen LogP contribution in [0, 0.1) is 6.92 Å². The lowest BCUT2D eigenvalue weighted by molar-refractivity contribution is -0.122. The third kappa shape index (κ3) is 3.22.